The van der Waals surface area contributed by atoms with E-state index < -0.39 is 0 Å². The average Bonchev–Trinajstić information content (AvgIpc) is 2.30. The maximum atomic E-state index is 3.95. The largest absolute Gasteiger partial charge is 0.350 e. The Kier molecular flexibility index (Phi) is 1.22. The van der Waals surface area contributed by atoms with Gasteiger partial charge in [0.15, 0.2) is 0 Å². The van der Waals surface area contributed by atoms with Gasteiger partial charge in [0.05, 0.1) is 11.7 Å². The van der Waals surface area contributed by atoms with Crippen molar-refractivity contribution in [3.63, 3.8) is 0 Å². The fourth-order valence-electron chi connectivity index (χ4n) is 1.37. The fraction of sp³-hybridized carbons (Fsp3) is 0.222. The molecule has 2 aromatic rings. The number of hydrogen-bond acceptors (Lipinski definition) is 1. The summed E-state index contributed by atoms with van der Waals surface area (Å²) in [7, 11) is 2.03. The summed E-state index contributed by atoms with van der Waals surface area (Å²) in [6.07, 6.45) is 6.77. The Morgan fingerprint density at radius 2 is 2.36 bits per heavy atom. The Bertz CT molecular complexity index is 351. The van der Waals surface area contributed by atoms with E-state index in [9.17, 15) is 0 Å². The molecule has 0 fully saturated rings. The first kappa shape index (κ1) is 6.40. The van der Waals surface area contributed by atoms with Crippen molar-refractivity contribution in [2.45, 2.75) is 6.92 Å². The zero-order chi connectivity index (χ0) is 7.84. The second-order valence-corrected chi connectivity index (χ2v) is 2.75. The zero-order valence-corrected chi connectivity index (χ0v) is 6.63. The molecule has 0 N–H and O–H groups in total. The second-order valence-electron chi connectivity index (χ2n) is 2.75. The molecule has 0 unspecified atom stereocenters. The SMILES string of the molecule is Cc1cn(C)c2c[c]ncc12. The molecule has 11 heavy (non-hydrogen) atoms. The van der Waals surface area contributed by atoms with E-state index in [4.69, 9.17) is 0 Å². The van der Waals surface area contributed by atoms with Crippen molar-refractivity contribution in [2.75, 3.05) is 0 Å². The van der Waals surface area contributed by atoms with E-state index in [2.05, 4.69) is 28.9 Å². The summed E-state index contributed by atoms with van der Waals surface area (Å²) in [5.41, 5.74) is 2.46. The summed E-state index contributed by atoms with van der Waals surface area (Å²) in [5.74, 6) is 0. The Hall–Kier alpha value is -1.31. The van der Waals surface area contributed by atoms with Crippen LogP contribution in [0.4, 0.5) is 0 Å². The highest BCUT2D eigenvalue weighted by Crippen LogP contribution is 2.16. The minimum absolute atomic E-state index is 1.19. The summed E-state index contributed by atoms with van der Waals surface area (Å²) < 4.78 is 2.09. The lowest BCUT2D eigenvalue weighted by Gasteiger charge is -1.91. The summed E-state index contributed by atoms with van der Waals surface area (Å²) in [6.45, 7) is 2.09. The monoisotopic (exact) mass is 145 g/mol. The number of nitrogens with zero attached hydrogens (tertiary/aromatic N) is 2. The van der Waals surface area contributed by atoms with Crippen LogP contribution in [0, 0.1) is 13.1 Å². The summed E-state index contributed by atoms with van der Waals surface area (Å²) in [5, 5.41) is 1.21. The van der Waals surface area contributed by atoms with Crippen molar-refractivity contribution in [3.8, 4) is 0 Å². The zero-order valence-electron chi connectivity index (χ0n) is 6.63. The lowest BCUT2D eigenvalue weighted by atomic mass is 10.2. The standard InChI is InChI=1S/C9H9N2/c1-7-6-11(2)9-3-4-10-5-8(7)9/h3,5-6H,1-2H3. The predicted octanol–water partition coefficient (Wildman–Crippen LogP) is 1.68. The first-order valence-electron chi connectivity index (χ1n) is 3.57. The van der Waals surface area contributed by atoms with Gasteiger partial charge in [-0.1, -0.05) is 0 Å². The maximum Gasteiger partial charge on any atom is 0.0908 e. The minimum Gasteiger partial charge on any atom is -0.350 e. The van der Waals surface area contributed by atoms with Gasteiger partial charge in [-0.05, 0) is 18.6 Å². The predicted molar refractivity (Wildman–Crippen MR) is 44.3 cm³/mol. The normalized spacial score (nSPS) is 10.7. The van der Waals surface area contributed by atoms with Gasteiger partial charge in [0.2, 0.25) is 0 Å². The quantitative estimate of drug-likeness (QED) is 0.551. The molecule has 2 heteroatoms. The Balaban J connectivity index is 2.95. The highest BCUT2D eigenvalue weighted by atomic mass is 14.9. The van der Waals surface area contributed by atoms with Crippen LogP contribution in [0.3, 0.4) is 0 Å². The van der Waals surface area contributed by atoms with E-state index in [1.807, 2.05) is 19.3 Å². The van der Waals surface area contributed by atoms with Gasteiger partial charge in [-0.3, -0.25) is 4.98 Å². The number of fused-ring (bicyclic) bond motifs is 1. The molecule has 0 amide bonds. The molecule has 0 aliphatic rings. The van der Waals surface area contributed by atoms with Crippen LogP contribution in [0.2, 0.25) is 0 Å². The highest BCUT2D eigenvalue weighted by molar-refractivity contribution is 5.82. The van der Waals surface area contributed by atoms with Crippen LogP contribution in [0.15, 0.2) is 18.5 Å². The van der Waals surface area contributed by atoms with Gasteiger partial charge in [-0.25, -0.2) is 0 Å². The molecule has 2 rings (SSSR count). The van der Waals surface area contributed by atoms with Gasteiger partial charge >= 0.3 is 0 Å². The van der Waals surface area contributed by atoms with E-state index >= 15 is 0 Å². The van der Waals surface area contributed by atoms with E-state index in [1.165, 1.54) is 16.5 Å². The van der Waals surface area contributed by atoms with Gasteiger partial charge in [0, 0.05) is 24.8 Å². The van der Waals surface area contributed by atoms with Crippen molar-refractivity contribution >= 4 is 10.9 Å². The van der Waals surface area contributed by atoms with Gasteiger partial charge < -0.3 is 4.57 Å². The Labute approximate surface area is 65.5 Å². The average molecular weight is 145 g/mol. The van der Waals surface area contributed by atoms with Crippen LogP contribution in [0.25, 0.3) is 10.9 Å². The first-order valence-corrected chi connectivity index (χ1v) is 3.57. The molecule has 0 aliphatic heterocycles. The molecule has 0 saturated carbocycles. The Morgan fingerprint density at radius 3 is 3.09 bits per heavy atom. The van der Waals surface area contributed by atoms with Gasteiger partial charge in [-0.2, -0.15) is 0 Å². The molecule has 55 valence electrons. The fourth-order valence-corrected chi connectivity index (χ4v) is 1.37. The van der Waals surface area contributed by atoms with Crippen LogP contribution in [-0.2, 0) is 7.05 Å². The molecule has 0 atom stereocenters. The number of rotatable bonds is 0. The molecular weight excluding hydrogens is 136 g/mol. The first-order chi connectivity index (χ1) is 5.29. The number of pyridine rings is 1. The van der Waals surface area contributed by atoms with E-state index in [0.29, 0.717) is 0 Å². The van der Waals surface area contributed by atoms with Crippen molar-refractivity contribution in [3.05, 3.63) is 30.2 Å². The number of aromatic nitrogens is 2. The van der Waals surface area contributed by atoms with Gasteiger partial charge in [-0.15, -0.1) is 0 Å². The maximum absolute atomic E-state index is 3.95. The third-order valence-corrected chi connectivity index (χ3v) is 1.94. The van der Waals surface area contributed by atoms with Gasteiger partial charge in [0.1, 0.15) is 0 Å². The lowest BCUT2D eigenvalue weighted by molar-refractivity contribution is 0.963. The molecule has 0 aliphatic carbocycles. The topological polar surface area (TPSA) is 17.8 Å². The molecule has 2 nitrogen and oxygen atoms in total. The molecule has 0 saturated heterocycles. The van der Waals surface area contributed by atoms with Crippen molar-refractivity contribution in [1.82, 2.24) is 9.55 Å². The molecule has 0 bridgehead atoms. The van der Waals surface area contributed by atoms with E-state index in [-0.39, 0.29) is 0 Å². The van der Waals surface area contributed by atoms with Crippen LogP contribution in [0.1, 0.15) is 5.56 Å². The summed E-state index contributed by atoms with van der Waals surface area (Å²) >= 11 is 0. The van der Waals surface area contributed by atoms with Crippen LogP contribution in [0.5, 0.6) is 0 Å². The molecule has 2 heterocycles. The molecule has 1 radical (unpaired) electrons. The van der Waals surface area contributed by atoms with E-state index in [1.54, 1.807) is 0 Å². The van der Waals surface area contributed by atoms with Crippen LogP contribution < -0.4 is 0 Å². The van der Waals surface area contributed by atoms with Crippen LogP contribution in [-0.4, -0.2) is 9.55 Å². The summed E-state index contributed by atoms with van der Waals surface area (Å²) in [6, 6.07) is 1.91. The molecule has 0 aromatic carbocycles. The van der Waals surface area contributed by atoms with Crippen molar-refractivity contribution in [2.24, 2.45) is 7.05 Å². The lowest BCUT2D eigenvalue weighted by Crippen LogP contribution is -1.82. The number of aryl methyl sites for hydroxylation is 2. The summed E-state index contributed by atoms with van der Waals surface area (Å²) in [4.78, 5) is 3.95. The third-order valence-electron chi connectivity index (χ3n) is 1.94. The molecule has 0 spiro atoms. The van der Waals surface area contributed by atoms with E-state index in [0.717, 1.165) is 0 Å². The van der Waals surface area contributed by atoms with Gasteiger partial charge in [0.25, 0.3) is 0 Å². The van der Waals surface area contributed by atoms with Crippen LogP contribution >= 0.6 is 0 Å². The highest BCUT2D eigenvalue weighted by Gasteiger charge is 2.00. The van der Waals surface area contributed by atoms with Crippen molar-refractivity contribution < 1.29 is 0 Å². The second kappa shape index (κ2) is 2.09. The molecule has 2 aromatic heterocycles. The minimum atomic E-state index is 1.19. The number of hydrogen-bond donors (Lipinski definition) is 0. The van der Waals surface area contributed by atoms with Crippen molar-refractivity contribution in [1.29, 1.82) is 0 Å². The third kappa shape index (κ3) is 0.827. The Morgan fingerprint density at radius 1 is 1.55 bits per heavy atom. The molecular formula is C9H9N2. The smallest absolute Gasteiger partial charge is 0.0908 e.